The number of hydrogen-bond acceptors (Lipinski definition) is 8. The number of carbonyl (C=O) groups excluding carboxylic acids is 1. The third kappa shape index (κ3) is 7.67. The topological polar surface area (TPSA) is 147 Å². The number of alkyl carbamates (subject to hydrolysis) is 1. The molecule has 1 aliphatic carbocycles. The van der Waals surface area contributed by atoms with Gasteiger partial charge in [-0.15, -0.1) is 13.2 Å². The maximum Gasteiger partial charge on any atom is 0.573 e. The monoisotopic (exact) mass is 506 g/mol. The molecular formula is C19H25F3N6O5S. The molecule has 0 aliphatic heterocycles. The van der Waals surface area contributed by atoms with Gasteiger partial charge in [0.1, 0.15) is 17.6 Å². The quantitative estimate of drug-likeness (QED) is 0.425. The second kappa shape index (κ2) is 9.95. The zero-order valence-electron chi connectivity index (χ0n) is 18.6. The van der Waals surface area contributed by atoms with Crippen LogP contribution in [0.5, 0.6) is 5.75 Å². The zero-order chi connectivity index (χ0) is 25.1. The first-order valence-electron chi connectivity index (χ1n) is 10.3. The van der Waals surface area contributed by atoms with Gasteiger partial charge in [0.15, 0.2) is 11.6 Å². The second-order valence-electron chi connectivity index (χ2n) is 8.16. The van der Waals surface area contributed by atoms with Crippen molar-refractivity contribution in [2.75, 3.05) is 16.3 Å². The van der Waals surface area contributed by atoms with Gasteiger partial charge >= 0.3 is 12.5 Å². The highest BCUT2D eigenvalue weighted by Crippen LogP contribution is 2.37. The highest BCUT2D eigenvalue weighted by molar-refractivity contribution is 7.92. The van der Waals surface area contributed by atoms with Crippen LogP contribution in [0, 0.1) is 0 Å². The van der Waals surface area contributed by atoms with Gasteiger partial charge in [0.25, 0.3) is 0 Å². The van der Waals surface area contributed by atoms with Crippen molar-refractivity contribution in [3.63, 3.8) is 0 Å². The summed E-state index contributed by atoms with van der Waals surface area (Å²) in [4.78, 5) is 15.7. The van der Waals surface area contributed by atoms with Gasteiger partial charge in [-0.3, -0.25) is 9.82 Å². The number of hydrogen-bond donors (Lipinski definition) is 4. The van der Waals surface area contributed by atoms with E-state index in [1.54, 1.807) is 6.07 Å². The standard InChI is InChI=1S/C19H25F3N6O5S/c1-10(2)24-18(29)32-12-5-4-11(6-12)13-7-17(27-26-13)25-16-8-15(33-19(20,21)22)14(9-23-16)28-34(3,30)31/h7-12,28H,4-6H2,1-3H3,(H,24,29)(H2,23,25,26,27)/t11-,12+/m1/s1. The Kier molecular flexibility index (Phi) is 7.43. The molecule has 3 rings (SSSR count). The molecule has 1 aliphatic rings. The fraction of sp³-hybridized carbons (Fsp3) is 0.526. The summed E-state index contributed by atoms with van der Waals surface area (Å²) in [6.07, 6.45) is -2.01. The SMILES string of the molecule is CC(C)NC(=O)O[C@H]1CC[C@@H](c2cc(Nc3cc(OC(F)(F)F)c(NS(C)(=O)=O)cn3)n[nH]2)C1. The molecule has 2 atom stereocenters. The van der Waals surface area contributed by atoms with E-state index in [9.17, 15) is 26.4 Å². The van der Waals surface area contributed by atoms with Crippen LogP contribution in [0.3, 0.4) is 0 Å². The number of amides is 1. The van der Waals surface area contributed by atoms with E-state index < -0.39 is 33.9 Å². The summed E-state index contributed by atoms with van der Waals surface area (Å²) in [5.41, 5.74) is 0.298. The average Bonchev–Trinajstić information content (AvgIpc) is 3.30. The molecule has 15 heteroatoms. The largest absolute Gasteiger partial charge is 0.573 e. The Balaban J connectivity index is 1.67. The van der Waals surface area contributed by atoms with Gasteiger partial charge in [-0.05, 0) is 33.1 Å². The number of halogens is 3. The summed E-state index contributed by atoms with van der Waals surface area (Å²) in [7, 11) is -3.86. The first-order valence-corrected chi connectivity index (χ1v) is 12.2. The van der Waals surface area contributed by atoms with Gasteiger partial charge in [-0.25, -0.2) is 18.2 Å². The molecule has 2 aromatic rings. The minimum atomic E-state index is -5.04. The van der Waals surface area contributed by atoms with Crippen molar-refractivity contribution in [1.82, 2.24) is 20.5 Å². The van der Waals surface area contributed by atoms with Crippen molar-refractivity contribution in [3.8, 4) is 5.75 Å². The fourth-order valence-electron chi connectivity index (χ4n) is 3.48. The van der Waals surface area contributed by atoms with Crippen LogP contribution >= 0.6 is 0 Å². The number of aromatic nitrogens is 3. The number of rotatable bonds is 8. The van der Waals surface area contributed by atoms with E-state index >= 15 is 0 Å². The van der Waals surface area contributed by atoms with E-state index in [-0.39, 0.29) is 29.7 Å². The third-order valence-corrected chi connectivity index (χ3v) is 5.34. The number of sulfonamides is 1. The summed E-state index contributed by atoms with van der Waals surface area (Å²) in [6, 6.07) is 2.55. The Morgan fingerprint density at radius 2 is 1.97 bits per heavy atom. The summed E-state index contributed by atoms with van der Waals surface area (Å²) >= 11 is 0. The van der Waals surface area contributed by atoms with Crippen LogP contribution in [-0.2, 0) is 14.8 Å². The normalized spacial score (nSPS) is 18.6. The van der Waals surface area contributed by atoms with Gasteiger partial charge in [0.05, 0.1) is 12.5 Å². The number of ether oxygens (including phenoxy) is 2. The Labute approximate surface area is 193 Å². The lowest BCUT2D eigenvalue weighted by Crippen LogP contribution is -2.33. The van der Waals surface area contributed by atoms with Crippen LogP contribution in [0.2, 0.25) is 0 Å². The van der Waals surface area contributed by atoms with Crippen molar-refractivity contribution >= 4 is 33.4 Å². The number of carbonyl (C=O) groups is 1. The lowest BCUT2D eigenvalue weighted by Gasteiger charge is -2.15. The van der Waals surface area contributed by atoms with E-state index in [4.69, 9.17) is 4.74 Å². The smallest absolute Gasteiger partial charge is 0.446 e. The molecule has 34 heavy (non-hydrogen) atoms. The first kappa shape index (κ1) is 25.4. The van der Waals surface area contributed by atoms with Gasteiger partial charge < -0.3 is 20.1 Å². The lowest BCUT2D eigenvalue weighted by molar-refractivity contribution is -0.274. The van der Waals surface area contributed by atoms with Gasteiger partial charge in [-0.1, -0.05) is 0 Å². The number of H-pyrrole nitrogens is 1. The van der Waals surface area contributed by atoms with Crippen LogP contribution < -0.4 is 20.1 Å². The van der Waals surface area contributed by atoms with E-state index in [0.29, 0.717) is 12.8 Å². The Bertz CT molecular complexity index is 1120. The lowest BCUT2D eigenvalue weighted by atomic mass is 10.0. The second-order valence-corrected chi connectivity index (χ2v) is 9.91. The van der Waals surface area contributed by atoms with Crippen LogP contribution in [0.1, 0.15) is 44.7 Å². The minimum Gasteiger partial charge on any atom is -0.446 e. The van der Waals surface area contributed by atoms with Crippen LogP contribution in [0.4, 0.5) is 35.3 Å². The molecule has 2 heterocycles. The summed E-state index contributed by atoms with van der Waals surface area (Å²) in [6.45, 7) is 3.67. The number of nitrogens with one attached hydrogen (secondary N) is 4. The van der Waals surface area contributed by atoms with Crippen LogP contribution in [-0.4, -0.2) is 54.5 Å². The van der Waals surface area contributed by atoms with E-state index in [2.05, 4.69) is 30.6 Å². The Morgan fingerprint density at radius 1 is 1.24 bits per heavy atom. The van der Waals surface area contributed by atoms with Crippen LogP contribution in [0.15, 0.2) is 18.3 Å². The number of aromatic amines is 1. The predicted octanol–water partition coefficient (Wildman–Crippen LogP) is 3.59. The van der Waals surface area contributed by atoms with Crippen molar-refractivity contribution in [3.05, 3.63) is 24.0 Å². The van der Waals surface area contributed by atoms with E-state index in [1.807, 2.05) is 18.6 Å². The van der Waals surface area contributed by atoms with Crippen molar-refractivity contribution in [2.45, 2.75) is 57.5 Å². The van der Waals surface area contributed by atoms with Crippen LogP contribution in [0.25, 0.3) is 0 Å². The molecule has 188 valence electrons. The summed E-state index contributed by atoms with van der Waals surface area (Å²) in [5, 5.41) is 12.4. The molecule has 0 aromatic carbocycles. The van der Waals surface area contributed by atoms with E-state index in [0.717, 1.165) is 30.6 Å². The van der Waals surface area contributed by atoms with E-state index in [1.165, 1.54) is 0 Å². The molecule has 11 nitrogen and oxygen atoms in total. The Hall–Kier alpha value is -3.23. The molecule has 4 N–H and O–H groups in total. The minimum absolute atomic E-state index is 0.0298. The average molecular weight is 507 g/mol. The molecule has 1 amide bonds. The number of anilines is 3. The maximum absolute atomic E-state index is 12.8. The molecule has 1 saturated carbocycles. The molecule has 0 radical (unpaired) electrons. The number of alkyl halides is 3. The molecular weight excluding hydrogens is 481 g/mol. The zero-order valence-corrected chi connectivity index (χ0v) is 19.4. The van der Waals surface area contributed by atoms with Gasteiger partial charge in [-0.2, -0.15) is 5.10 Å². The fourth-order valence-corrected chi connectivity index (χ4v) is 4.04. The van der Waals surface area contributed by atoms with Crippen molar-refractivity contribution in [2.24, 2.45) is 0 Å². The maximum atomic E-state index is 12.8. The third-order valence-electron chi connectivity index (χ3n) is 4.75. The van der Waals surface area contributed by atoms with Gasteiger partial charge in [0.2, 0.25) is 10.0 Å². The molecule has 0 bridgehead atoms. The van der Waals surface area contributed by atoms with Gasteiger partial charge in [0, 0.05) is 29.8 Å². The number of pyridine rings is 1. The Morgan fingerprint density at radius 3 is 2.62 bits per heavy atom. The summed E-state index contributed by atoms with van der Waals surface area (Å²) < 4.78 is 72.4. The molecule has 0 saturated heterocycles. The number of nitrogens with zero attached hydrogens (tertiary/aromatic N) is 2. The summed E-state index contributed by atoms with van der Waals surface area (Å²) in [5.74, 6) is -0.486. The molecule has 1 fully saturated rings. The molecule has 2 aromatic heterocycles. The highest BCUT2D eigenvalue weighted by atomic mass is 32.2. The highest BCUT2D eigenvalue weighted by Gasteiger charge is 2.33. The van der Waals surface area contributed by atoms with Crippen molar-refractivity contribution < 1.29 is 35.9 Å². The predicted molar refractivity (Wildman–Crippen MR) is 116 cm³/mol. The molecule has 0 spiro atoms. The molecule has 0 unspecified atom stereocenters. The van der Waals surface area contributed by atoms with Crippen molar-refractivity contribution in [1.29, 1.82) is 0 Å². The first-order chi connectivity index (χ1) is 15.8.